The molecule has 0 aliphatic rings. The smallest absolute Gasteiger partial charge is 0.0344 e. The molecular formula is C12H15Cl2NOSiTi-2. The summed E-state index contributed by atoms with van der Waals surface area (Å²) >= 11 is -0.556. The third-order valence-electron chi connectivity index (χ3n) is 1.55. The van der Waals surface area contributed by atoms with E-state index in [0.717, 1.165) is 9.52 Å². The maximum atomic E-state index is 8.47. The van der Waals surface area contributed by atoms with Crippen molar-refractivity contribution in [2.75, 3.05) is 0 Å². The molecule has 0 unspecified atom stereocenters. The number of hydrogen-bond donors (Lipinski definition) is 0. The number of rotatable bonds is 0. The molecule has 0 saturated heterocycles. The van der Waals surface area contributed by atoms with Crippen molar-refractivity contribution < 1.29 is 21.8 Å². The quantitative estimate of drug-likeness (QED) is 0.383. The Labute approximate surface area is 128 Å². The van der Waals surface area contributed by atoms with Crippen molar-refractivity contribution in [3.8, 4) is 0 Å². The zero-order valence-electron chi connectivity index (χ0n) is 10.3. The van der Waals surface area contributed by atoms with Crippen molar-refractivity contribution in [2.45, 2.75) is 13.1 Å². The molecule has 0 saturated carbocycles. The van der Waals surface area contributed by atoms with Gasteiger partial charge in [-0.1, -0.05) is 19.2 Å². The standard InChI is InChI=1S/C9H7.C2H6Si.CH3NO.2ClH.Ti/c1-2-5-9-7-3-6-8(9)4-1;1-3-2;2-1-3;;;/h1-7H;1-2H3;1H,(H2,2,3);2*1H;/q-1;;;;;+2/p-3. The van der Waals surface area contributed by atoms with Crippen molar-refractivity contribution in [1.82, 2.24) is 0 Å². The molecule has 0 spiro atoms. The third kappa shape index (κ3) is 12.3. The summed E-state index contributed by atoms with van der Waals surface area (Å²) in [4.78, 5) is 8.47. The summed E-state index contributed by atoms with van der Waals surface area (Å²) in [6, 6.07) is 14.7. The summed E-state index contributed by atoms with van der Waals surface area (Å²) in [5.74, 6) is 0. The largest absolute Gasteiger partial charge is 0.671 e. The Balaban J connectivity index is 0. The molecule has 2 rings (SSSR count). The van der Waals surface area contributed by atoms with Crippen molar-refractivity contribution in [1.29, 1.82) is 0 Å². The molecular weight excluding hydrogens is 321 g/mol. The van der Waals surface area contributed by atoms with Crippen LogP contribution < -0.4 is 0 Å². The first-order valence-electron chi connectivity index (χ1n) is 4.97. The van der Waals surface area contributed by atoms with Gasteiger partial charge in [-0.05, 0) is 0 Å². The zero-order chi connectivity index (χ0) is 14.2. The Bertz CT molecular complexity index is 366. The van der Waals surface area contributed by atoms with E-state index in [-0.39, 0.29) is 6.41 Å². The molecule has 1 N–H and O–H groups in total. The van der Waals surface area contributed by atoms with Crippen LogP contribution in [-0.2, 0) is 21.8 Å². The molecule has 98 valence electrons. The van der Waals surface area contributed by atoms with Gasteiger partial charge in [0.2, 0.25) is 0 Å². The molecule has 2 radical (unpaired) electrons. The van der Waals surface area contributed by atoms with Crippen LogP contribution in [0.5, 0.6) is 0 Å². The van der Waals surface area contributed by atoms with Gasteiger partial charge in [-0.15, -0.1) is 29.7 Å². The second kappa shape index (κ2) is 16.8. The first-order chi connectivity index (χ1) is 8.71. The molecule has 0 aliphatic heterocycles. The molecule has 1 amide bonds. The second-order valence-electron chi connectivity index (χ2n) is 2.84. The van der Waals surface area contributed by atoms with Crippen molar-refractivity contribution in [3.05, 3.63) is 48.2 Å². The molecule has 0 atom stereocenters. The van der Waals surface area contributed by atoms with E-state index >= 15 is 0 Å². The molecule has 0 heterocycles. The minimum absolute atomic E-state index is 0. The van der Waals surface area contributed by atoms with E-state index in [4.69, 9.17) is 29.1 Å². The number of benzene rings is 1. The van der Waals surface area contributed by atoms with E-state index < -0.39 is 17.0 Å². The summed E-state index contributed by atoms with van der Waals surface area (Å²) < 4.78 is 0. The fraction of sp³-hybridized carbons (Fsp3) is 0.167. The van der Waals surface area contributed by atoms with Crippen LogP contribution in [0.25, 0.3) is 16.5 Å². The normalized spacial score (nSPS) is 7.56. The summed E-state index contributed by atoms with van der Waals surface area (Å²) in [7, 11) is 10.9. The molecule has 0 aliphatic carbocycles. The van der Waals surface area contributed by atoms with Gasteiger partial charge in [0, 0.05) is 15.9 Å². The molecule has 0 fully saturated rings. The van der Waals surface area contributed by atoms with Crippen molar-refractivity contribution in [2.24, 2.45) is 0 Å². The van der Waals surface area contributed by atoms with Crippen molar-refractivity contribution >= 4 is 45.3 Å². The molecule has 18 heavy (non-hydrogen) atoms. The van der Waals surface area contributed by atoms with E-state index in [1.165, 1.54) is 10.8 Å². The molecule has 6 heteroatoms. The van der Waals surface area contributed by atoms with Crippen LogP contribution in [0.4, 0.5) is 0 Å². The number of hydrogen-bond acceptors (Lipinski definition) is 1. The number of fused-ring (bicyclic) bond motifs is 1. The summed E-state index contributed by atoms with van der Waals surface area (Å²) in [6.45, 7) is 4.31. The summed E-state index contributed by atoms with van der Waals surface area (Å²) in [5, 5.41) is 2.66. The van der Waals surface area contributed by atoms with Gasteiger partial charge in [-0.2, -0.15) is 17.5 Å². The fourth-order valence-corrected chi connectivity index (χ4v) is 1.07. The molecule has 0 aromatic heterocycles. The van der Waals surface area contributed by atoms with Crippen LogP contribution in [0.1, 0.15) is 0 Å². The van der Waals surface area contributed by atoms with Crippen LogP contribution in [0.15, 0.2) is 42.5 Å². The summed E-state index contributed by atoms with van der Waals surface area (Å²) in [5.41, 5.74) is 5.53. The van der Waals surface area contributed by atoms with Crippen molar-refractivity contribution in [3.63, 3.8) is 0 Å². The number of halogens is 2. The van der Waals surface area contributed by atoms with Gasteiger partial charge in [0.15, 0.2) is 0 Å². The van der Waals surface area contributed by atoms with Gasteiger partial charge in [-0.3, -0.25) is 0 Å². The topological polar surface area (TPSA) is 40.9 Å². The van der Waals surface area contributed by atoms with E-state index in [0.29, 0.717) is 0 Å². The van der Waals surface area contributed by atoms with E-state index in [9.17, 15) is 0 Å². The third-order valence-corrected chi connectivity index (χ3v) is 1.55. The van der Waals surface area contributed by atoms with Crippen LogP contribution in [-0.4, -0.2) is 15.9 Å². The first-order valence-corrected chi connectivity index (χ1v) is 11.3. The van der Waals surface area contributed by atoms with Crippen LogP contribution in [0.2, 0.25) is 13.1 Å². The SMILES string of the molecule is C[Si]C.[Cl][Ti][Cl].[NH-]C=O.c1ccc2[cH-]ccc2c1. The van der Waals surface area contributed by atoms with Gasteiger partial charge in [0.25, 0.3) is 0 Å². The maximum absolute atomic E-state index is 8.47. The van der Waals surface area contributed by atoms with Crippen LogP contribution in [0, 0.1) is 0 Å². The number of amides is 1. The minimum atomic E-state index is -0.556. The zero-order valence-corrected chi connectivity index (χ0v) is 14.4. The number of nitrogens with one attached hydrogen (secondary N) is 1. The van der Waals surface area contributed by atoms with Crippen LogP contribution >= 0.6 is 18.6 Å². The Morgan fingerprint density at radius 2 is 1.72 bits per heavy atom. The maximum Gasteiger partial charge on any atom is 0.0344 e. The monoisotopic (exact) mass is 335 g/mol. The first kappa shape index (κ1) is 20.1. The van der Waals surface area contributed by atoms with Crippen LogP contribution in [0.3, 0.4) is 0 Å². The van der Waals surface area contributed by atoms with E-state index in [1.807, 2.05) is 0 Å². The fourth-order valence-electron chi connectivity index (χ4n) is 1.07. The van der Waals surface area contributed by atoms with Gasteiger partial charge in [-0.25, -0.2) is 0 Å². The van der Waals surface area contributed by atoms with E-state index in [1.54, 1.807) is 0 Å². The number of carbonyl (C=O) groups is 1. The molecule has 2 aromatic carbocycles. The Hall–Kier alpha value is -0.189. The molecule has 0 bridgehead atoms. The van der Waals surface area contributed by atoms with Gasteiger partial charge in [0.1, 0.15) is 0 Å². The Kier molecular flexibility index (Phi) is 18.8. The van der Waals surface area contributed by atoms with E-state index in [2.05, 4.69) is 55.6 Å². The summed E-state index contributed by atoms with van der Waals surface area (Å²) in [6.07, 6.45) is 0. The second-order valence-corrected chi connectivity index (χ2v) is 6.42. The Morgan fingerprint density at radius 3 is 2.17 bits per heavy atom. The average Bonchev–Trinajstić information content (AvgIpc) is 2.80. The minimum Gasteiger partial charge on any atom is -0.671 e. The van der Waals surface area contributed by atoms with Gasteiger partial charge >= 0.3 is 35.6 Å². The molecule has 2 aromatic rings. The predicted molar refractivity (Wildman–Crippen MR) is 79.1 cm³/mol. The predicted octanol–water partition coefficient (Wildman–Crippen LogP) is 4.92. The molecule has 2 nitrogen and oxygen atoms in total. The van der Waals surface area contributed by atoms with Gasteiger partial charge < -0.3 is 10.5 Å². The average molecular weight is 336 g/mol. The number of carbonyl (C=O) groups excluding carboxylic acids is 1. The Morgan fingerprint density at radius 1 is 1.28 bits per heavy atom. The van der Waals surface area contributed by atoms with Gasteiger partial charge in [0.05, 0.1) is 0 Å².